The lowest BCUT2D eigenvalue weighted by molar-refractivity contribution is 0.398. The van der Waals surface area contributed by atoms with Crippen molar-refractivity contribution in [2.45, 2.75) is 9.71 Å². The second kappa shape index (κ2) is 3.79. The molecule has 0 heterocycles. The van der Waals surface area contributed by atoms with Crippen molar-refractivity contribution in [2.24, 2.45) is 0 Å². The fourth-order valence-corrected chi connectivity index (χ4v) is 0.372. The Morgan fingerprint density at radius 1 is 1.33 bits per heavy atom. The summed E-state index contributed by atoms with van der Waals surface area (Å²) in [4.78, 5) is 0. The van der Waals surface area contributed by atoms with Crippen molar-refractivity contribution >= 4 is 34.8 Å². The average Bonchev–Trinajstić information content (AvgIpc) is 1.86. The molecule has 0 saturated heterocycles. The molecule has 0 spiro atoms. The van der Waals surface area contributed by atoms with Gasteiger partial charge in [-0.1, -0.05) is 23.2 Å². The summed E-state index contributed by atoms with van der Waals surface area (Å²) in [7, 11) is 0. The number of rotatable bonds is 3. The zero-order valence-electron chi connectivity index (χ0n) is 4.38. The molecule has 9 heavy (non-hydrogen) atoms. The van der Waals surface area contributed by atoms with Gasteiger partial charge in [0, 0.05) is 0 Å². The SMILES string of the molecule is FCC(Cl)C(Cl)(Cl)CF. The first kappa shape index (κ1) is 9.73. The van der Waals surface area contributed by atoms with Gasteiger partial charge in [-0.05, 0) is 0 Å². The summed E-state index contributed by atoms with van der Waals surface area (Å²) in [6.07, 6.45) is 0. The van der Waals surface area contributed by atoms with Crippen LogP contribution in [-0.4, -0.2) is 23.1 Å². The Morgan fingerprint density at radius 3 is 1.89 bits per heavy atom. The van der Waals surface area contributed by atoms with Crippen molar-refractivity contribution in [3.05, 3.63) is 0 Å². The summed E-state index contributed by atoms with van der Waals surface area (Å²) in [6.45, 7) is -1.98. The number of halogens is 5. The quantitative estimate of drug-likeness (QED) is 0.610. The van der Waals surface area contributed by atoms with Crippen molar-refractivity contribution in [1.82, 2.24) is 0 Å². The minimum absolute atomic E-state index is 0.932. The summed E-state index contributed by atoms with van der Waals surface area (Å²) in [6, 6.07) is 0. The average molecular weight is 197 g/mol. The zero-order valence-corrected chi connectivity index (χ0v) is 6.65. The molecule has 0 amide bonds. The predicted octanol–water partition coefficient (Wildman–Crippen LogP) is 2.71. The van der Waals surface area contributed by atoms with E-state index in [1.165, 1.54) is 0 Å². The number of alkyl halides is 5. The second-order valence-electron chi connectivity index (χ2n) is 1.52. The van der Waals surface area contributed by atoms with E-state index in [0.29, 0.717) is 0 Å². The summed E-state index contributed by atoms with van der Waals surface area (Å²) in [5, 5.41) is -1.18. The van der Waals surface area contributed by atoms with E-state index >= 15 is 0 Å². The van der Waals surface area contributed by atoms with Crippen molar-refractivity contribution < 1.29 is 8.78 Å². The van der Waals surface area contributed by atoms with Gasteiger partial charge in [-0.2, -0.15) is 0 Å². The molecule has 0 N–H and O–H groups in total. The Kier molecular flexibility index (Phi) is 4.10. The molecule has 5 heteroatoms. The molecule has 0 bridgehead atoms. The van der Waals surface area contributed by atoms with Crippen LogP contribution >= 0.6 is 34.8 Å². The molecule has 0 radical (unpaired) electrons. The monoisotopic (exact) mass is 196 g/mol. The van der Waals surface area contributed by atoms with E-state index < -0.39 is 23.1 Å². The van der Waals surface area contributed by atoms with Gasteiger partial charge in [-0.25, -0.2) is 8.78 Å². The molecule has 0 aliphatic heterocycles. The van der Waals surface area contributed by atoms with E-state index in [4.69, 9.17) is 34.8 Å². The number of hydrogen-bond donors (Lipinski definition) is 0. The van der Waals surface area contributed by atoms with Gasteiger partial charge in [-0.3, -0.25) is 0 Å². The molecule has 0 rings (SSSR count). The highest BCUT2D eigenvalue weighted by molar-refractivity contribution is 6.52. The van der Waals surface area contributed by atoms with Crippen molar-refractivity contribution in [3.63, 3.8) is 0 Å². The maximum Gasteiger partial charge on any atom is 0.165 e. The summed E-state index contributed by atoms with van der Waals surface area (Å²) in [5.41, 5.74) is 0. The normalized spacial score (nSPS) is 15.7. The van der Waals surface area contributed by atoms with Crippen LogP contribution in [-0.2, 0) is 0 Å². The molecule has 0 aromatic carbocycles. The van der Waals surface area contributed by atoms with Crippen molar-refractivity contribution in [3.8, 4) is 0 Å². The molecule has 0 fully saturated rings. The molecule has 0 saturated carbocycles. The third-order valence-corrected chi connectivity index (χ3v) is 2.21. The van der Waals surface area contributed by atoms with Crippen LogP contribution in [0.3, 0.4) is 0 Å². The van der Waals surface area contributed by atoms with E-state index in [1.807, 2.05) is 0 Å². The standard InChI is InChI=1S/C4H5Cl3F2/c5-3(1-8)4(6,7)2-9/h3H,1-2H2. The minimum Gasteiger partial charge on any atom is -0.249 e. The summed E-state index contributed by atoms with van der Waals surface area (Å²) >= 11 is 15.6. The third-order valence-electron chi connectivity index (χ3n) is 0.772. The van der Waals surface area contributed by atoms with E-state index in [2.05, 4.69) is 0 Å². The molecule has 0 aromatic rings. The highest BCUT2D eigenvalue weighted by Gasteiger charge is 2.33. The second-order valence-corrected chi connectivity index (χ2v) is 3.59. The Labute approximate surface area is 67.1 Å². The lowest BCUT2D eigenvalue weighted by Gasteiger charge is -2.18. The van der Waals surface area contributed by atoms with E-state index in [-0.39, 0.29) is 0 Å². The first-order valence-corrected chi connectivity index (χ1v) is 3.37. The van der Waals surface area contributed by atoms with Crippen molar-refractivity contribution in [2.75, 3.05) is 13.3 Å². The van der Waals surface area contributed by atoms with Gasteiger partial charge in [0.1, 0.15) is 13.3 Å². The largest absolute Gasteiger partial charge is 0.249 e. The molecule has 0 aromatic heterocycles. The van der Waals surface area contributed by atoms with E-state index in [1.54, 1.807) is 0 Å². The fraction of sp³-hybridized carbons (Fsp3) is 1.00. The fourth-order valence-electron chi connectivity index (χ4n) is 0.197. The summed E-state index contributed by atoms with van der Waals surface area (Å²) < 4.78 is 21.5. The van der Waals surface area contributed by atoms with Crippen LogP contribution in [0.4, 0.5) is 8.78 Å². The third kappa shape index (κ3) is 2.87. The highest BCUT2D eigenvalue weighted by atomic mass is 35.5. The molecular formula is C4H5Cl3F2. The van der Waals surface area contributed by atoms with Gasteiger partial charge in [0.25, 0.3) is 0 Å². The maximum atomic E-state index is 11.7. The Morgan fingerprint density at radius 2 is 1.78 bits per heavy atom. The maximum absolute atomic E-state index is 11.7. The Bertz CT molecular complexity index is 85.9. The Balaban J connectivity index is 3.80. The zero-order chi connectivity index (χ0) is 7.49. The van der Waals surface area contributed by atoms with Crippen LogP contribution in [0.15, 0.2) is 0 Å². The van der Waals surface area contributed by atoms with Gasteiger partial charge in [0.2, 0.25) is 0 Å². The molecule has 1 atom stereocenters. The van der Waals surface area contributed by atoms with Crippen LogP contribution in [0.25, 0.3) is 0 Å². The lowest BCUT2D eigenvalue weighted by atomic mass is 10.3. The van der Waals surface area contributed by atoms with Crippen molar-refractivity contribution in [1.29, 1.82) is 0 Å². The van der Waals surface area contributed by atoms with Crippen LogP contribution in [0.1, 0.15) is 0 Å². The van der Waals surface area contributed by atoms with Gasteiger partial charge in [0.15, 0.2) is 4.33 Å². The minimum atomic E-state index is -1.78. The van der Waals surface area contributed by atoms with Gasteiger partial charge in [0.05, 0.1) is 5.38 Å². The molecule has 0 aliphatic carbocycles. The van der Waals surface area contributed by atoms with E-state index in [9.17, 15) is 8.78 Å². The first-order valence-electron chi connectivity index (χ1n) is 2.18. The molecule has 0 nitrogen and oxygen atoms in total. The van der Waals surface area contributed by atoms with Gasteiger partial charge in [-0.15, -0.1) is 11.6 Å². The molecule has 1 unspecified atom stereocenters. The van der Waals surface area contributed by atoms with Gasteiger partial charge < -0.3 is 0 Å². The number of hydrogen-bond acceptors (Lipinski definition) is 0. The molecule has 56 valence electrons. The van der Waals surface area contributed by atoms with Crippen LogP contribution in [0, 0.1) is 0 Å². The lowest BCUT2D eigenvalue weighted by Crippen LogP contribution is -2.30. The van der Waals surface area contributed by atoms with Crippen LogP contribution in [0.2, 0.25) is 0 Å². The van der Waals surface area contributed by atoms with Crippen LogP contribution in [0.5, 0.6) is 0 Å². The van der Waals surface area contributed by atoms with E-state index in [0.717, 1.165) is 0 Å². The van der Waals surface area contributed by atoms with Crippen LogP contribution < -0.4 is 0 Å². The highest BCUT2D eigenvalue weighted by Crippen LogP contribution is 2.29. The Hall–Kier alpha value is 0.730. The molecular weight excluding hydrogens is 192 g/mol. The summed E-state index contributed by atoms with van der Waals surface area (Å²) in [5.74, 6) is 0. The predicted molar refractivity (Wildman–Crippen MR) is 36.0 cm³/mol. The molecule has 0 aliphatic rings. The smallest absolute Gasteiger partial charge is 0.165 e. The first-order chi connectivity index (χ1) is 4.04. The topological polar surface area (TPSA) is 0 Å². The van der Waals surface area contributed by atoms with Gasteiger partial charge >= 0.3 is 0 Å².